The van der Waals surface area contributed by atoms with Gasteiger partial charge >= 0.3 is 0 Å². The number of rotatable bonds is 2. The molecule has 1 aliphatic carbocycles. The molecule has 2 aromatic rings. The van der Waals surface area contributed by atoms with Gasteiger partial charge in [-0.25, -0.2) is 0 Å². The predicted octanol–water partition coefficient (Wildman–Crippen LogP) is 4.40. The van der Waals surface area contributed by atoms with Gasteiger partial charge in [0.15, 0.2) is 0 Å². The number of aryl methyl sites for hydroxylation is 3. The number of fused-ring (bicyclic) bond motifs is 3. The van der Waals surface area contributed by atoms with Gasteiger partial charge in [0.25, 0.3) is 0 Å². The normalized spacial score (nSPS) is 13.0. The molecule has 0 heterocycles. The van der Waals surface area contributed by atoms with Crippen LogP contribution in [0.3, 0.4) is 0 Å². The Balaban J connectivity index is 2.08. The van der Waals surface area contributed by atoms with E-state index in [9.17, 15) is 0 Å². The second-order valence-electron chi connectivity index (χ2n) is 4.90. The summed E-state index contributed by atoms with van der Waals surface area (Å²) < 4.78 is 0. The second kappa shape index (κ2) is 4.37. The minimum absolute atomic E-state index is 1.19. The first-order valence-corrected chi connectivity index (χ1v) is 6.58. The van der Waals surface area contributed by atoms with Crippen molar-refractivity contribution in [3.8, 4) is 11.1 Å². The molecule has 0 amide bonds. The molecule has 2 aromatic carbocycles. The van der Waals surface area contributed by atoms with Crippen LogP contribution in [0.4, 0.5) is 0 Å². The average molecular weight is 222 g/mol. The molecule has 0 saturated carbocycles. The van der Waals surface area contributed by atoms with E-state index in [2.05, 4.69) is 49.4 Å². The molecular formula is C17H18. The molecule has 0 radical (unpaired) electrons. The summed E-state index contributed by atoms with van der Waals surface area (Å²) in [4.78, 5) is 0. The average Bonchev–Trinajstić information content (AvgIpc) is 2.39. The smallest absolute Gasteiger partial charge is 0.0149 e. The Kier molecular flexibility index (Phi) is 2.72. The van der Waals surface area contributed by atoms with Crippen molar-refractivity contribution < 1.29 is 0 Å². The van der Waals surface area contributed by atoms with Crippen molar-refractivity contribution in [2.75, 3.05) is 0 Å². The fraction of sp³-hybridized carbons (Fsp3) is 0.294. The summed E-state index contributed by atoms with van der Waals surface area (Å²) in [7, 11) is 0. The summed E-state index contributed by atoms with van der Waals surface area (Å²) in [6.07, 6.45) is 4.83. The number of benzene rings is 2. The Morgan fingerprint density at radius 1 is 0.882 bits per heavy atom. The highest BCUT2D eigenvalue weighted by molar-refractivity contribution is 5.73. The van der Waals surface area contributed by atoms with Gasteiger partial charge in [-0.15, -0.1) is 0 Å². The highest BCUT2D eigenvalue weighted by Gasteiger charge is 2.15. The fourth-order valence-corrected chi connectivity index (χ4v) is 2.83. The minimum Gasteiger partial charge on any atom is -0.0651 e. The standard InChI is InChI=1S/C17H18/c1-2-5-13-8-11-17-15(12-13)10-9-14-6-3-4-7-16(14)17/h3-4,6-8,11-12H,2,5,9-10H2,1H3. The van der Waals surface area contributed by atoms with Gasteiger partial charge in [-0.1, -0.05) is 55.8 Å². The van der Waals surface area contributed by atoms with Gasteiger partial charge in [-0.2, -0.15) is 0 Å². The van der Waals surface area contributed by atoms with Crippen molar-refractivity contribution >= 4 is 0 Å². The lowest BCUT2D eigenvalue weighted by Gasteiger charge is -2.20. The first kappa shape index (κ1) is 10.6. The van der Waals surface area contributed by atoms with Crippen LogP contribution in [0.15, 0.2) is 42.5 Å². The summed E-state index contributed by atoms with van der Waals surface area (Å²) in [6.45, 7) is 2.24. The SMILES string of the molecule is CCCc1ccc2c(c1)CCc1ccccc1-2. The number of hydrogen-bond acceptors (Lipinski definition) is 0. The van der Waals surface area contributed by atoms with Crippen LogP contribution in [-0.4, -0.2) is 0 Å². The molecule has 0 saturated heterocycles. The molecule has 0 N–H and O–H groups in total. The highest BCUT2D eigenvalue weighted by atomic mass is 14.2. The van der Waals surface area contributed by atoms with Gasteiger partial charge in [-0.05, 0) is 47.1 Å². The summed E-state index contributed by atoms with van der Waals surface area (Å²) in [6, 6.07) is 15.8. The second-order valence-corrected chi connectivity index (χ2v) is 4.90. The number of hydrogen-bond donors (Lipinski definition) is 0. The summed E-state index contributed by atoms with van der Waals surface area (Å²) in [5.74, 6) is 0. The zero-order valence-electron chi connectivity index (χ0n) is 10.4. The van der Waals surface area contributed by atoms with E-state index in [1.54, 1.807) is 0 Å². The van der Waals surface area contributed by atoms with Crippen LogP contribution in [0, 0.1) is 0 Å². The van der Waals surface area contributed by atoms with Gasteiger partial charge in [0.05, 0.1) is 0 Å². The van der Waals surface area contributed by atoms with Crippen molar-refractivity contribution in [1.82, 2.24) is 0 Å². The van der Waals surface area contributed by atoms with Crippen molar-refractivity contribution in [2.45, 2.75) is 32.6 Å². The van der Waals surface area contributed by atoms with Crippen LogP contribution in [0.2, 0.25) is 0 Å². The maximum absolute atomic E-state index is 2.41. The molecule has 1 aliphatic rings. The first-order valence-electron chi connectivity index (χ1n) is 6.58. The van der Waals surface area contributed by atoms with Crippen LogP contribution in [0.5, 0.6) is 0 Å². The molecule has 0 aliphatic heterocycles. The van der Waals surface area contributed by atoms with Crippen LogP contribution in [-0.2, 0) is 19.3 Å². The van der Waals surface area contributed by atoms with Gasteiger partial charge < -0.3 is 0 Å². The molecule has 0 heteroatoms. The summed E-state index contributed by atoms with van der Waals surface area (Å²) >= 11 is 0. The van der Waals surface area contributed by atoms with Gasteiger partial charge in [0, 0.05) is 0 Å². The van der Waals surface area contributed by atoms with E-state index in [0.717, 1.165) is 0 Å². The Hall–Kier alpha value is -1.56. The molecule has 0 bridgehead atoms. The molecular weight excluding hydrogens is 204 g/mol. The third-order valence-corrected chi connectivity index (χ3v) is 3.68. The van der Waals surface area contributed by atoms with Gasteiger partial charge in [0.2, 0.25) is 0 Å². The highest BCUT2D eigenvalue weighted by Crippen LogP contribution is 2.33. The molecule has 0 atom stereocenters. The van der Waals surface area contributed by atoms with Crippen molar-refractivity contribution in [3.05, 3.63) is 59.2 Å². The molecule has 0 fully saturated rings. The lowest BCUT2D eigenvalue weighted by Crippen LogP contribution is -2.04. The molecule has 0 aromatic heterocycles. The topological polar surface area (TPSA) is 0 Å². The lowest BCUT2D eigenvalue weighted by atomic mass is 9.84. The maximum Gasteiger partial charge on any atom is -0.0149 e. The van der Waals surface area contributed by atoms with E-state index in [1.165, 1.54) is 53.5 Å². The summed E-state index contributed by atoms with van der Waals surface area (Å²) in [5.41, 5.74) is 7.42. The van der Waals surface area contributed by atoms with Crippen LogP contribution in [0.1, 0.15) is 30.0 Å². The van der Waals surface area contributed by atoms with Crippen molar-refractivity contribution in [1.29, 1.82) is 0 Å². The van der Waals surface area contributed by atoms with E-state index < -0.39 is 0 Å². The summed E-state index contributed by atoms with van der Waals surface area (Å²) in [5, 5.41) is 0. The maximum atomic E-state index is 2.41. The van der Waals surface area contributed by atoms with Crippen LogP contribution < -0.4 is 0 Å². The van der Waals surface area contributed by atoms with Crippen molar-refractivity contribution in [3.63, 3.8) is 0 Å². The molecule has 0 unspecified atom stereocenters. The Morgan fingerprint density at radius 2 is 1.65 bits per heavy atom. The van der Waals surface area contributed by atoms with E-state index in [1.807, 2.05) is 0 Å². The zero-order valence-corrected chi connectivity index (χ0v) is 10.4. The zero-order chi connectivity index (χ0) is 11.7. The monoisotopic (exact) mass is 222 g/mol. The van der Waals surface area contributed by atoms with Gasteiger partial charge in [-0.3, -0.25) is 0 Å². The van der Waals surface area contributed by atoms with E-state index in [-0.39, 0.29) is 0 Å². The third kappa shape index (κ3) is 1.88. The third-order valence-electron chi connectivity index (χ3n) is 3.68. The van der Waals surface area contributed by atoms with E-state index in [4.69, 9.17) is 0 Å². The molecule has 3 rings (SSSR count). The Morgan fingerprint density at radius 3 is 2.53 bits per heavy atom. The predicted molar refractivity (Wildman–Crippen MR) is 73.3 cm³/mol. The fourth-order valence-electron chi connectivity index (χ4n) is 2.83. The first-order chi connectivity index (χ1) is 8.38. The van der Waals surface area contributed by atoms with E-state index >= 15 is 0 Å². The molecule has 86 valence electrons. The lowest BCUT2D eigenvalue weighted by molar-refractivity contribution is 0.901. The molecule has 0 spiro atoms. The van der Waals surface area contributed by atoms with Crippen LogP contribution in [0.25, 0.3) is 11.1 Å². The minimum atomic E-state index is 1.19. The Bertz CT molecular complexity index is 537. The molecule has 0 nitrogen and oxygen atoms in total. The van der Waals surface area contributed by atoms with E-state index in [0.29, 0.717) is 0 Å². The largest absolute Gasteiger partial charge is 0.0651 e. The Labute approximate surface area is 103 Å². The van der Waals surface area contributed by atoms with Crippen molar-refractivity contribution in [2.24, 2.45) is 0 Å². The quantitative estimate of drug-likeness (QED) is 0.706. The molecule has 17 heavy (non-hydrogen) atoms. The van der Waals surface area contributed by atoms with Gasteiger partial charge in [0.1, 0.15) is 0 Å². The van der Waals surface area contributed by atoms with Crippen LogP contribution >= 0.6 is 0 Å².